The van der Waals surface area contributed by atoms with E-state index in [4.69, 9.17) is 0 Å². The number of carbonyl (C=O) groups is 1. The van der Waals surface area contributed by atoms with E-state index >= 15 is 0 Å². The maximum atomic E-state index is 12.6. The highest BCUT2D eigenvalue weighted by atomic mass is 16.2. The minimum absolute atomic E-state index is 0.107. The van der Waals surface area contributed by atoms with Gasteiger partial charge in [0, 0.05) is 42.3 Å². The first kappa shape index (κ1) is 13.2. The summed E-state index contributed by atoms with van der Waals surface area (Å²) in [6.07, 6.45) is 4.30. The molecule has 0 saturated carbocycles. The largest absolute Gasteiger partial charge is 0.361 e. The summed E-state index contributed by atoms with van der Waals surface area (Å²) in [6.45, 7) is 1.94. The fourth-order valence-electron chi connectivity index (χ4n) is 3.09. The number of likely N-dealkylation sites (N-methyl/N-ethyl adjacent to an activating group) is 2. The summed E-state index contributed by atoms with van der Waals surface area (Å²) in [5, 5.41) is 1.00. The Kier molecular flexibility index (Phi) is 3.49. The summed E-state index contributed by atoms with van der Waals surface area (Å²) in [7, 11) is 4.04. The molecule has 2 aromatic rings. The Morgan fingerprint density at radius 3 is 3.05 bits per heavy atom. The number of nitrogens with zero attached hydrogens (tertiary/aromatic N) is 2. The first-order valence-corrected chi connectivity index (χ1v) is 7.18. The third-order valence-electron chi connectivity index (χ3n) is 4.33. The van der Waals surface area contributed by atoms with Crippen LogP contribution in [0.25, 0.3) is 10.9 Å². The Hall–Kier alpha value is -1.81. The summed E-state index contributed by atoms with van der Waals surface area (Å²) in [5.74, 6) is 0.107. The number of benzene rings is 1. The molecule has 1 unspecified atom stereocenters. The summed E-state index contributed by atoms with van der Waals surface area (Å²) in [5.41, 5.74) is 1.80. The number of hydrogen-bond acceptors (Lipinski definition) is 2. The summed E-state index contributed by atoms with van der Waals surface area (Å²) in [6, 6.07) is 8.30. The van der Waals surface area contributed by atoms with Crippen LogP contribution in [0.2, 0.25) is 0 Å². The van der Waals surface area contributed by atoms with E-state index in [0.717, 1.165) is 29.6 Å². The minimum atomic E-state index is 0.107. The number of H-pyrrole nitrogens is 1. The molecule has 4 nitrogen and oxygen atoms in total. The second kappa shape index (κ2) is 5.29. The number of hydrogen-bond donors (Lipinski definition) is 1. The Labute approximate surface area is 119 Å². The van der Waals surface area contributed by atoms with E-state index < -0.39 is 0 Å². The van der Waals surface area contributed by atoms with Crippen LogP contribution >= 0.6 is 0 Å². The third-order valence-corrected chi connectivity index (χ3v) is 4.33. The Morgan fingerprint density at radius 1 is 1.45 bits per heavy atom. The molecule has 1 fully saturated rings. The average molecular weight is 271 g/mol. The van der Waals surface area contributed by atoms with Gasteiger partial charge in [0.25, 0.3) is 5.91 Å². The van der Waals surface area contributed by atoms with Crippen LogP contribution in [0.5, 0.6) is 0 Å². The van der Waals surface area contributed by atoms with Crippen molar-refractivity contribution in [1.82, 2.24) is 14.8 Å². The van der Waals surface area contributed by atoms with Crippen molar-refractivity contribution in [3.8, 4) is 0 Å². The highest BCUT2D eigenvalue weighted by Gasteiger charge is 2.24. The van der Waals surface area contributed by atoms with Gasteiger partial charge >= 0.3 is 0 Å². The lowest BCUT2D eigenvalue weighted by atomic mass is 10.1. The van der Waals surface area contributed by atoms with Gasteiger partial charge < -0.3 is 14.8 Å². The van der Waals surface area contributed by atoms with Gasteiger partial charge in [0.2, 0.25) is 0 Å². The lowest BCUT2D eigenvalue weighted by Gasteiger charge is -2.26. The van der Waals surface area contributed by atoms with Gasteiger partial charge in [-0.25, -0.2) is 0 Å². The molecule has 20 heavy (non-hydrogen) atoms. The molecule has 0 bridgehead atoms. The number of aromatic amines is 1. The van der Waals surface area contributed by atoms with Crippen LogP contribution in [-0.2, 0) is 0 Å². The monoisotopic (exact) mass is 271 g/mol. The van der Waals surface area contributed by atoms with Crippen molar-refractivity contribution in [1.29, 1.82) is 0 Å². The lowest BCUT2D eigenvalue weighted by molar-refractivity contribution is 0.0763. The molecular formula is C16H21N3O. The van der Waals surface area contributed by atoms with Gasteiger partial charge in [-0.05, 0) is 44.6 Å². The van der Waals surface area contributed by atoms with Gasteiger partial charge in [0.1, 0.15) is 0 Å². The number of amides is 1. The number of aromatic nitrogens is 1. The van der Waals surface area contributed by atoms with E-state index in [1.54, 1.807) is 0 Å². The molecule has 0 aliphatic carbocycles. The van der Waals surface area contributed by atoms with Crippen molar-refractivity contribution in [3.05, 3.63) is 36.0 Å². The first-order valence-electron chi connectivity index (χ1n) is 7.18. The fourth-order valence-corrected chi connectivity index (χ4v) is 3.09. The van der Waals surface area contributed by atoms with Crippen LogP contribution in [0.3, 0.4) is 0 Å². The molecule has 106 valence electrons. The predicted molar refractivity (Wildman–Crippen MR) is 80.9 cm³/mol. The van der Waals surface area contributed by atoms with Crippen molar-refractivity contribution in [2.75, 3.05) is 27.2 Å². The number of nitrogens with one attached hydrogen (secondary N) is 1. The van der Waals surface area contributed by atoms with Crippen molar-refractivity contribution in [2.45, 2.75) is 18.9 Å². The molecule has 1 aliphatic heterocycles. The average Bonchev–Trinajstić information content (AvgIpc) is 3.07. The van der Waals surface area contributed by atoms with Crippen molar-refractivity contribution >= 4 is 16.8 Å². The van der Waals surface area contributed by atoms with Crippen LogP contribution in [-0.4, -0.2) is 53.9 Å². The molecule has 1 aromatic heterocycles. The quantitative estimate of drug-likeness (QED) is 0.930. The maximum absolute atomic E-state index is 12.6. The Morgan fingerprint density at radius 2 is 2.30 bits per heavy atom. The molecule has 1 aliphatic rings. The number of carbonyl (C=O) groups excluding carboxylic acids is 1. The molecule has 1 atom stereocenters. The fraction of sp³-hybridized carbons (Fsp3) is 0.438. The van der Waals surface area contributed by atoms with Crippen molar-refractivity contribution < 1.29 is 4.79 Å². The zero-order valence-corrected chi connectivity index (χ0v) is 12.1. The van der Waals surface area contributed by atoms with Crippen LogP contribution in [0.15, 0.2) is 30.5 Å². The summed E-state index contributed by atoms with van der Waals surface area (Å²) >= 11 is 0. The molecule has 1 aromatic carbocycles. The van der Waals surface area contributed by atoms with Crippen LogP contribution in [0.1, 0.15) is 23.2 Å². The second-order valence-electron chi connectivity index (χ2n) is 5.71. The van der Waals surface area contributed by atoms with E-state index in [1.807, 2.05) is 42.4 Å². The SMILES string of the molecule is CN(CC1CCCN1C)C(=O)c1cccc2[nH]ccc12. The number of rotatable bonds is 3. The molecule has 4 heteroatoms. The van der Waals surface area contributed by atoms with Gasteiger partial charge in [0.05, 0.1) is 0 Å². The van der Waals surface area contributed by atoms with E-state index in [-0.39, 0.29) is 5.91 Å². The zero-order chi connectivity index (χ0) is 14.1. The Balaban J connectivity index is 1.79. The van der Waals surface area contributed by atoms with Gasteiger partial charge in [-0.1, -0.05) is 6.07 Å². The van der Waals surface area contributed by atoms with Crippen LogP contribution in [0.4, 0.5) is 0 Å². The summed E-state index contributed by atoms with van der Waals surface area (Å²) < 4.78 is 0. The molecule has 3 rings (SSSR count). The van der Waals surface area contributed by atoms with E-state index in [9.17, 15) is 4.79 Å². The van der Waals surface area contributed by atoms with Gasteiger partial charge in [-0.2, -0.15) is 0 Å². The number of likely N-dealkylation sites (tertiary alicyclic amines) is 1. The van der Waals surface area contributed by atoms with E-state index in [1.165, 1.54) is 12.8 Å². The molecule has 0 radical (unpaired) electrons. The molecule has 0 spiro atoms. The summed E-state index contributed by atoms with van der Waals surface area (Å²) in [4.78, 5) is 20.0. The zero-order valence-electron chi connectivity index (χ0n) is 12.1. The van der Waals surface area contributed by atoms with Crippen LogP contribution in [0, 0.1) is 0 Å². The highest BCUT2D eigenvalue weighted by Crippen LogP contribution is 2.20. The van der Waals surface area contributed by atoms with Gasteiger partial charge in [-0.3, -0.25) is 4.79 Å². The minimum Gasteiger partial charge on any atom is -0.361 e. The number of fused-ring (bicyclic) bond motifs is 1. The molecule has 1 amide bonds. The van der Waals surface area contributed by atoms with Crippen molar-refractivity contribution in [3.63, 3.8) is 0 Å². The molecule has 1 saturated heterocycles. The standard InChI is InChI=1S/C16H21N3O/c1-18-10-4-5-12(18)11-19(2)16(20)14-6-3-7-15-13(14)8-9-17-15/h3,6-9,12,17H,4-5,10-11H2,1-2H3. The lowest BCUT2D eigenvalue weighted by Crippen LogP contribution is -2.39. The third kappa shape index (κ3) is 2.31. The molecule has 1 N–H and O–H groups in total. The molecular weight excluding hydrogens is 250 g/mol. The van der Waals surface area contributed by atoms with Gasteiger partial charge in [0.15, 0.2) is 0 Å². The van der Waals surface area contributed by atoms with Gasteiger partial charge in [-0.15, -0.1) is 0 Å². The normalized spacial score (nSPS) is 19.6. The Bertz CT molecular complexity index is 619. The van der Waals surface area contributed by atoms with E-state index in [0.29, 0.717) is 6.04 Å². The topological polar surface area (TPSA) is 39.3 Å². The first-order chi connectivity index (χ1) is 9.66. The van der Waals surface area contributed by atoms with Crippen LogP contribution < -0.4 is 0 Å². The van der Waals surface area contributed by atoms with E-state index in [2.05, 4.69) is 16.9 Å². The van der Waals surface area contributed by atoms with Crippen molar-refractivity contribution in [2.24, 2.45) is 0 Å². The molecule has 2 heterocycles. The highest BCUT2D eigenvalue weighted by molar-refractivity contribution is 6.06. The maximum Gasteiger partial charge on any atom is 0.254 e. The smallest absolute Gasteiger partial charge is 0.254 e. The second-order valence-corrected chi connectivity index (χ2v) is 5.71. The predicted octanol–water partition coefficient (Wildman–Crippen LogP) is 2.33.